The summed E-state index contributed by atoms with van der Waals surface area (Å²) >= 11 is 1.56. The SMILES string of the molecule is CS(=O)(=O)NCCNC(=O)NCc1cccs1. The van der Waals surface area contributed by atoms with Crippen LogP contribution in [0.15, 0.2) is 17.5 Å². The maximum absolute atomic E-state index is 11.3. The minimum atomic E-state index is -3.19. The van der Waals surface area contributed by atoms with Gasteiger partial charge in [0.2, 0.25) is 10.0 Å². The van der Waals surface area contributed by atoms with E-state index >= 15 is 0 Å². The highest BCUT2D eigenvalue weighted by Gasteiger charge is 2.02. The molecule has 0 fully saturated rings. The highest BCUT2D eigenvalue weighted by molar-refractivity contribution is 7.88. The zero-order chi connectivity index (χ0) is 12.7. The van der Waals surface area contributed by atoms with Crippen molar-refractivity contribution in [3.63, 3.8) is 0 Å². The average molecular weight is 277 g/mol. The molecule has 1 aromatic rings. The van der Waals surface area contributed by atoms with Gasteiger partial charge in [-0.25, -0.2) is 17.9 Å². The molecule has 17 heavy (non-hydrogen) atoms. The second-order valence-corrected chi connectivity index (χ2v) is 6.22. The lowest BCUT2D eigenvalue weighted by molar-refractivity contribution is 0.240. The van der Waals surface area contributed by atoms with Crippen molar-refractivity contribution < 1.29 is 13.2 Å². The topological polar surface area (TPSA) is 87.3 Å². The van der Waals surface area contributed by atoms with Gasteiger partial charge in [0.05, 0.1) is 12.8 Å². The number of nitrogens with one attached hydrogen (secondary N) is 3. The first-order chi connectivity index (χ1) is 7.97. The van der Waals surface area contributed by atoms with Crippen LogP contribution in [-0.4, -0.2) is 33.8 Å². The zero-order valence-corrected chi connectivity index (χ0v) is 11.0. The fraction of sp³-hybridized carbons (Fsp3) is 0.444. The van der Waals surface area contributed by atoms with Crippen LogP contribution >= 0.6 is 11.3 Å². The lowest BCUT2D eigenvalue weighted by atomic mass is 10.5. The van der Waals surface area contributed by atoms with E-state index in [0.717, 1.165) is 11.1 Å². The van der Waals surface area contributed by atoms with Gasteiger partial charge in [0.25, 0.3) is 0 Å². The Balaban J connectivity index is 2.09. The first kappa shape index (κ1) is 13.9. The van der Waals surface area contributed by atoms with Gasteiger partial charge in [0.15, 0.2) is 0 Å². The average Bonchev–Trinajstić information content (AvgIpc) is 2.73. The summed E-state index contributed by atoms with van der Waals surface area (Å²) in [5.74, 6) is 0. The van der Waals surface area contributed by atoms with Crippen molar-refractivity contribution in [3.05, 3.63) is 22.4 Å². The molecule has 0 saturated heterocycles. The Morgan fingerprint density at radius 2 is 2.12 bits per heavy atom. The lowest BCUT2D eigenvalue weighted by Crippen LogP contribution is -2.39. The van der Waals surface area contributed by atoms with Crippen molar-refractivity contribution in [3.8, 4) is 0 Å². The van der Waals surface area contributed by atoms with Gasteiger partial charge >= 0.3 is 6.03 Å². The first-order valence-electron chi connectivity index (χ1n) is 4.96. The Morgan fingerprint density at radius 3 is 2.71 bits per heavy atom. The van der Waals surface area contributed by atoms with Crippen LogP contribution in [0.25, 0.3) is 0 Å². The largest absolute Gasteiger partial charge is 0.337 e. The Bertz CT molecular complexity index is 442. The molecule has 1 aromatic heterocycles. The van der Waals surface area contributed by atoms with Crippen LogP contribution < -0.4 is 15.4 Å². The fourth-order valence-corrected chi connectivity index (χ4v) is 2.17. The molecule has 0 radical (unpaired) electrons. The summed E-state index contributed by atoms with van der Waals surface area (Å²) in [7, 11) is -3.19. The van der Waals surface area contributed by atoms with Crippen molar-refractivity contribution in [1.82, 2.24) is 15.4 Å². The quantitative estimate of drug-likeness (QED) is 0.644. The van der Waals surface area contributed by atoms with Gasteiger partial charge in [-0.2, -0.15) is 0 Å². The maximum Gasteiger partial charge on any atom is 0.315 e. The highest BCUT2D eigenvalue weighted by atomic mass is 32.2. The van der Waals surface area contributed by atoms with E-state index in [1.807, 2.05) is 17.5 Å². The predicted octanol–water partition coefficient (Wildman–Crippen LogP) is 0.0965. The summed E-state index contributed by atoms with van der Waals surface area (Å²) in [6.07, 6.45) is 1.07. The van der Waals surface area contributed by atoms with Crippen LogP contribution in [0, 0.1) is 0 Å². The summed E-state index contributed by atoms with van der Waals surface area (Å²) in [5.41, 5.74) is 0. The van der Waals surface area contributed by atoms with Crippen LogP contribution in [0.1, 0.15) is 4.88 Å². The van der Waals surface area contributed by atoms with Gasteiger partial charge in [-0.3, -0.25) is 0 Å². The molecule has 3 N–H and O–H groups in total. The second kappa shape index (κ2) is 6.58. The summed E-state index contributed by atoms with van der Waals surface area (Å²) < 4.78 is 23.7. The molecule has 0 aromatic carbocycles. The molecule has 0 atom stereocenters. The van der Waals surface area contributed by atoms with E-state index in [1.54, 1.807) is 11.3 Å². The summed E-state index contributed by atoms with van der Waals surface area (Å²) in [4.78, 5) is 12.3. The van der Waals surface area contributed by atoms with Crippen molar-refractivity contribution in [1.29, 1.82) is 0 Å². The van der Waals surface area contributed by atoms with E-state index in [1.165, 1.54) is 0 Å². The summed E-state index contributed by atoms with van der Waals surface area (Å²) in [5, 5.41) is 7.15. The predicted molar refractivity (Wildman–Crippen MR) is 67.4 cm³/mol. The number of urea groups is 1. The van der Waals surface area contributed by atoms with Crippen LogP contribution in [0.2, 0.25) is 0 Å². The van der Waals surface area contributed by atoms with Gasteiger partial charge in [0, 0.05) is 18.0 Å². The van der Waals surface area contributed by atoms with Crippen LogP contribution in [-0.2, 0) is 16.6 Å². The number of amides is 2. The molecule has 0 unspecified atom stereocenters. The molecule has 1 heterocycles. The molecule has 96 valence electrons. The second-order valence-electron chi connectivity index (χ2n) is 3.36. The Labute approximate surface area is 104 Å². The van der Waals surface area contributed by atoms with Gasteiger partial charge in [-0.15, -0.1) is 11.3 Å². The Morgan fingerprint density at radius 1 is 1.35 bits per heavy atom. The molecule has 2 amide bonds. The van der Waals surface area contributed by atoms with E-state index in [-0.39, 0.29) is 19.1 Å². The Hall–Kier alpha value is -1.12. The molecule has 8 heteroatoms. The molecule has 6 nitrogen and oxygen atoms in total. The molecule has 0 saturated carbocycles. The van der Waals surface area contributed by atoms with Gasteiger partial charge < -0.3 is 10.6 Å². The smallest absolute Gasteiger partial charge is 0.315 e. The van der Waals surface area contributed by atoms with Crippen LogP contribution in [0.5, 0.6) is 0 Å². The van der Waals surface area contributed by atoms with E-state index in [9.17, 15) is 13.2 Å². The number of hydrogen-bond acceptors (Lipinski definition) is 4. The number of sulfonamides is 1. The molecular weight excluding hydrogens is 262 g/mol. The molecule has 0 bridgehead atoms. The van der Waals surface area contributed by atoms with E-state index in [4.69, 9.17) is 0 Å². The van der Waals surface area contributed by atoms with Crippen molar-refractivity contribution >= 4 is 27.4 Å². The molecule has 0 aliphatic heterocycles. The van der Waals surface area contributed by atoms with Crippen LogP contribution in [0.4, 0.5) is 4.79 Å². The number of hydrogen-bond donors (Lipinski definition) is 3. The molecule has 0 aliphatic carbocycles. The molecule has 0 spiro atoms. The van der Waals surface area contributed by atoms with E-state index < -0.39 is 10.0 Å². The minimum Gasteiger partial charge on any atom is -0.337 e. The third-order valence-corrected chi connectivity index (χ3v) is 3.38. The number of carbonyl (C=O) groups is 1. The Kier molecular flexibility index (Phi) is 5.39. The third-order valence-electron chi connectivity index (χ3n) is 1.78. The van der Waals surface area contributed by atoms with Crippen molar-refractivity contribution in [2.45, 2.75) is 6.54 Å². The normalized spacial score (nSPS) is 11.1. The summed E-state index contributed by atoms with van der Waals surface area (Å²) in [6.45, 7) is 0.914. The van der Waals surface area contributed by atoms with Gasteiger partial charge in [-0.05, 0) is 11.4 Å². The summed E-state index contributed by atoms with van der Waals surface area (Å²) in [6, 6.07) is 3.53. The fourth-order valence-electron chi connectivity index (χ4n) is 1.06. The monoisotopic (exact) mass is 277 g/mol. The first-order valence-corrected chi connectivity index (χ1v) is 7.73. The molecular formula is C9H15N3O3S2. The van der Waals surface area contributed by atoms with Crippen molar-refractivity contribution in [2.75, 3.05) is 19.3 Å². The number of rotatable bonds is 6. The van der Waals surface area contributed by atoms with E-state index in [0.29, 0.717) is 6.54 Å². The van der Waals surface area contributed by atoms with Gasteiger partial charge in [-0.1, -0.05) is 6.07 Å². The number of thiophene rings is 1. The number of carbonyl (C=O) groups excluding carboxylic acids is 1. The molecule has 0 aliphatic rings. The third kappa shape index (κ3) is 6.93. The lowest BCUT2D eigenvalue weighted by Gasteiger charge is -2.06. The van der Waals surface area contributed by atoms with Gasteiger partial charge in [0.1, 0.15) is 0 Å². The highest BCUT2D eigenvalue weighted by Crippen LogP contribution is 2.06. The molecule has 1 rings (SSSR count). The van der Waals surface area contributed by atoms with E-state index in [2.05, 4.69) is 15.4 Å². The standard InChI is InChI=1S/C9H15N3O3S2/c1-17(14,15)12-5-4-10-9(13)11-7-8-3-2-6-16-8/h2-3,6,12H,4-5,7H2,1H3,(H2,10,11,13). The maximum atomic E-state index is 11.3. The minimum absolute atomic E-state index is 0.186. The zero-order valence-electron chi connectivity index (χ0n) is 9.39. The van der Waals surface area contributed by atoms with Crippen molar-refractivity contribution in [2.24, 2.45) is 0 Å². The van der Waals surface area contributed by atoms with Crippen LogP contribution in [0.3, 0.4) is 0 Å².